The van der Waals surface area contributed by atoms with Crippen molar-refractivity contribution in [2.75, 3.05) is 37.7 Å². The molecule has 2 N–H and O–H groups in total. The highest BCUT2D eigenvalue weighted by Crippen LogP contribution is 2.20. The molecule has 1 rings (SSSR count). The maximum Gasteiger partial charge on any atom is 0.410 e. The van der Waals surface area contributed by atoms with Gasteiger partial charge in [0.15, 0.2) is 0 Å². The van der Waals surface area contributed by atoms with Crippen molar-refractivity contribution in [3.63, 3.8) is 0 Å². The molecule has 1 aliphatic heterocycles. The molecule has 1 atom stereocenters. The molecule has 21 heavy (non-hydrogen) atoms. The number of aliphatic hydroxyl groups excluding tert-OH is 1. The molecule has 1 fully saturated rings. The summed E-state index contributed by atoms with van der Waals surface area (Å²) in [4.78, 5) is 14.0. The molecule has 0 spiro atoms. The van der Waals surface area contributed by atoms with Crippen molar-refractivity contribution in [1.82, 2.24) is 10.2 Å². The zero-order valence-corrected chi connectivity index (χ0v) is 14.4. The third kappa shape index (κ3) is 7.93. The first-order valence-corrected chi connectivity index (χ1v) is 8.98. The van der Waals surface area contributed by atoms with Crippen LogP contribution in [-0.2, 0) is 4.74 Å². The van der Waals surface area contributed by atoms with E-state index < -0.39 is 5.60 Å². The number of ether oxygens (including phenoxy) is 1. The minimum atomic E-state index is -0.430. The first-order chi connectivity index (χ1) is 9.94. The predicted molar refractivity (Wildman–Crippen MR) is 87.9 cm³/mol. The first-order valence-electron chi connectivity index (χ1n) is 7.83. The fourth-order valence-electron chi connectivity index (χ4n) is 2.29. The summed E-state index contributed by atoms with van der Waals surface area (Å²) in [6.45, 7) is 8.54. The van der Waals surface area contributed by atoms with Crippen LogP contribution in [0.15, 0.2) is 0 Å². The maximum atomic E-state index is 12.1. The number of rotatable bonds is 8. The van der Waals surface area contributed by atoms with Crippen LogP contribution in [-0.4, -0.2) is 65.5 Å². The number of nitrogens with one attached hydrogen (secondary N) is 1. The van der Waals surface area contributed by atoms with Gasteiger partial charge in [-0.15, -0.1) is 0 Å². The van der Waals surface area contributed by atoms with Gasteiger partial charge in [-0.2, -0.15) is 11.8 Å². The molecule has 124 valence electrons. The first kappa shape index (κ1) is 18.6. The van der Waals surface area contributed by atoms with E-state index in [9.17, 15) is 4.79 Å². The van der Waals surface area contributed by atoms with Gasteiger partial charge in [0.05, 0.1) is 0 Å². The Bertz CT molecular complexity index is 308. The van der Waals surface area contributed by atoms with E-state index in [0.29, 0.717) is 0 Å². The largest absolute Gasteiger partial charge is 0.444 e. The van der Waals surface area contributed by atoms with Crippen molar-refractivity contribution in [3.8, 4) is 0 Å². The number of likely N-dealkylation sites (tertiary alicyclic amines) is 1. The van der Waals surface area contributed by atoms with Gasteiger partial charge in [-0.1, -0.05) is 0 Å². The zero-order chi connectivity index (χ0) is 15.7. The molecule has 0 bridgehead atoms. The third-order valence-corrected chi connectivity index (χ3v) is 4.33. The number of aliphatic hydroxyl groups is 1. The van der Waals surface area contributed by atoms with Crippen LogP contribution < -0.4 is 5.32 Å². The second kappa shape index (κ2) is 9.54. The second-order valence-corrected chi connectivity index (χ2v) is 7.59. The molecule has 1 heterocycles. The van der Waals surface area contributed by atoms with Crippen LogP contribution in [0.4, 0.5) is 4.79 Å². The Morgan fingerprint density at radius 2 is 2.19 bits per heavy atom. The molecular formula is C15H30N2O3S. The molecule has 0 radical (unpaired) electrons. The highest BCUT2D eigenvalue weighted by Gasteiger charge is 2.31. The fraction of sp³-hybridized carbons (Fsp3) is 0.933. The molecule has 0 aliphatic carbocycles. The number of carbonyl (C=O) groups is 1. The highest BCUT2D eigenvalue weighted by atomic mass is 32.2. The minimum absolute atomic E-state index is 0.191. The summed E-state index contributed by atoms with van der Waals surface area (Å²) in [6, 6.07) is 0.252. The molecule has 0 aromatic heterocycles. The average molecular weight is 318 g/mol. The number of nitrogens with zero attached hydrogens (tertiary/aromatic N) is 1. The van der Waals surface area contributed by atoms with E-state index in [2.05, 4.69) is 5.32 Å². The van der Waals surface area contributed by atoms with Gasteiger partial charge in [0, 0.05) is 38.0 Å². The predicted octanol–water partition coefficient (Wildman–Crippen LogP) is 2.09. The van der Waals surface area contributed by atoms with E-state index in [1.165, 1.54) is 0 Å². The minimum Gasteiger partial charge on any atom is -0.444 e. The lowest BCUT2D eigenvalue weighted by molar-refractivity contribution is 0.0227. The van der Waals surface area contributed by atoms with Gasteiger partial charge in [0.2, 0.25) is 0 Å². The average Bonchev–Trinajstić information content (AvgIpc) is 2.84. The Balaban J connectivity index is 2.20. The van der Waals surface area contributed by atoms with Gasteiger partial charge in [-0.05, 0) is 45.8 Å². The SMILES string of the molecule is CC(C)(C)OC(=O)N1CCCC1CNCCSCCCO. The molecule has 0 aromatic carbocycles. The van der Waals surface area contributed by atoms with Crippen LogP contribution in [0.5, 0.6) is 0 Å². The summed E-state index contributed by atoms with van der Waals surface area (Å²) < 4.78 is 5.46. The molecule has 1 aliphatic rings. The standard InChI is InChI=1S/C15H30N2O3S/c1-15(2,3)20-14(19)17-8-4-6-13(17)12-16-7-11-21-10-5-9-18/h13,16,18H,4-12H2,1-3H3. The maximum absolute atomic E-state index is 12.1. The lowest BCUT2D eigenvalue weighted by Crippen LogP contribution is -2.44. The van der Waals surface area contributed by atoms with E-state index in [1.54, 1.807) is 0 Å². The number of amides is 1. The molecule has 0 aromatic rings. The van der Waals surface area contributed by atoms with Crippen molar-refractivity contribution >= 4 is 17.9 Å². The van der Waals surface area contributed by atoms with Crippen molar-refractivity contribution < 1.29 is 14.6 Å². The van der Waals surface area contributed by atoms with Gasteiger partial charge < -0.3 is 20.1 Å². The number of carbonyl (C=O) groups excluding carboxylic acids is 1. The van der Waals surface area contributed by atoms with Gasteiger partial charge in [0.1, 0.15) is 5.60 Å². The smallest absolute Gasteiger partial charge is 0.410 e. The van der Waals surface area contributed by atoms with Crippen molar-refractivity contribution in [1.29, 1.82) is 0 Å². The van der Waals surface area contributed by atoms with E-state index >= 15 is 0 Å². The fourth-order valence-corrected chi connectivity index (χ4v) is 3.12. The highest BCUT2D eigenvalue weighted by molar-refractivity contribution is 7.99. The summed E-state index contributed by atoms with van der Waals surface area (Å²) >= 11 is 1.85. The van der Waals surface area contributed by atoms with Crippen molar-refractivity contribution in [3.05, 3.63) is 0 Å². The van der Waals surface area contributed by atoms with Crippen LogP contribution in [0.2, 0.25) is 0 Å². The Labute approximate surface area is 132 Å². The Hall–Kier alpha value is -0.460. The normalized spacial score (nSPS) is 19.0. The van der Waals surface area contributed by atoms with E-state index in [-0.39, 0.29) is 18.7 Å². The topological polar surface area (TPSA) is 61.8 Å². The van der Waals surface area contributed by atoms with Gasteiger partial charge in [0.25, 0.3) is 0 Å². The van der Waals surface area contributed by atoms with Gasteiger partial charge >= 0.3 is 6.09 Å². The summed E-state index contributed by atoms with van der Waals surface area (Å²) in [5.41, 5.74) is -0.430. The van der Waals surface area contributed by atoms with Crippen LogP contribution in [0.3, 0.4) is 0 Å². The lowest BCUT2D eigenvalue weighted by atomic mass is 10.2. The zero-order valence-electron chi connectivity index (χ0n) is 13.6. The summed E-state index contributed by atoms with van der Waals surface area (Å²) in [6.07, 6.45) is 2.77. The van der Waals surface area contributed by atoms with Crippen LogP contribution in [0.1, 0.15) is 40.0 Å². The second-order valence-electron chi connectivity index (χ2n) is 6.36. The molecule has 6 heteroatoms. The summed E-state index contributed by atoms with van der Waals surface area (Å²) in [5, 5.41) is 12.1. The number of thioether (sulfide) groups is 1. The van der Waals surface area contributed by atoms with Gasteiger partial charge in [-0.25, -0.2) is 4.79 Å². The Morgan fingerprint density at radius 1 is 1.43 bits per heavy atom. The summed E-state index contributed by atoms with van der Waals surface area (Å²) in [7, 11) is 0. The molecule has 5 nitrogen and oxygen atoms in total. The van der Waals surface area contributed by atoms with E-state index in [0.717, 1.165) is 50.4 Å². The number of hydrogen-bond acceptors (Lipinski definition) is 5. The molecule has 1 amide bonds. The van der Waals surface area contributed by atoms with Crippen LogP contribution in [0.25, 0.3) is 0 Å². The molecule has 1 saturated heterocycles. The van der Waals surface area contributed by atoms with Crippen LogP contribution in [0, 0.1) is 0 Å². The molecule has 1 unspecified atom stereocenters. The van der Waals surface area contributed by atoms with Gasteiger partial charge in [-0.3, -0.25) is 0 Å². The van der Waals surface area contributed by atoms with E-state index in [1.807, 2.05) is 37.4 Å². The quantitative estimate of drug-likeness (QED) is 0.671. The van der Waals surface area contributed by atoms with Crippen LogP contribution >= 0.6 is 11.8 Å². The monoisotopic (exact) mass is 318 g/mol. The lowest BCUT2D eigenvalue weighted by Gasteiger charge is -2.28. The third-order valence-electron chi connectivity index (χ3n) is 3.26. The van der Waals surface area contributed by atoms with Crippen molar-refractivity contribution in [2.24, 2.45) is 0 Å². The van der Waals surface area contributed by atoms with E-state index in [4.69, 9.17) is 9.84 Å². The molecular weight excluding hydrogens is 288 g/mol. The number of hydrogen-bond donors (Lipinski definition) is 2. The molecule has 0 saturated carbocycles. The summed E-state index contributed by atoms with van der Waals surface area (Å²) in [5.74, 6) is 2.05. The Kier molecular flexibility index (Phi) is 8.44. The Morgan fingerprint density at radius 3 is 2.86 bits per heavy atom. The van der Waals surface area contributed by atoms with Crippen molar-refractivity contribution in [2.45, 2.75) is 51.7 Å².